The number of nitrogens with zero attached hydrogens (tertiary/aromatic N) is 1. The molecule has 0 saturated heterocycles. The van der Waals surface area contributed by atoms with Crippen molar-refractivity contribution in [2.45, 2.75) is 26.3 Å². The van der Waals surface area contributed by atoms with Crippen LogP contribution in [0.3, 0.4) is 0 Å². The molecule has 0 bridgehead atoms. The van der Waals surface area contributed by atoms with Gasteiger partial charge in [0.2, 0.25) is 0 Å². The van der Waals surface area contributed by atoms with Crippen LogP contribution in [0.4, 0.5) is 0 Å². The van der Waals surface area contributed by atoms with Gasteiger partial charge in [-0.3, -0.25) is 4.98 Å². The van der Waals surface area contributed by atoms with Crippen molar-refractivity contribution in [1.82, 2.24) is 10.3 Å². The van der Waals surface area contributed by atoms with Crippen molar-refractivity contribution in [2.75, 3.05) is 13.7 Å². The van der Waals surface area contributed by atoms with Crippen molar-refractivity contribution in [2.24, 2.45) is 0 Å². The van der Waals surface area contributed by atoms with Gasteiger partial charge in [0.1, 0.15) is 5.75 Å². The van der Waals surface area contributed by atoms with E-state index in [0.29, 0.717) is 0 Å². The van der Waals surface area contributed by atoms with E-state index in [1.165, 1.54) is 0 Å². The Morgan fingerprint density at radius 3 is 3.07 bits per heavy atom. The third-order valence-electron chi connectivity index (χ3n) is 1.98. The second kappa shape index (κ2) is 6.38. The van der Waals surface area contributed by atoms with Crippen molar-refractivity contribution < 1.29 is 4.74 Å². The first-order valence-corrected chi connectivity index (χ1v) is 5.08. The summed E-state index contributed by atoms with van der Waals surface area (Å²) in [6.07, 6.45) is 5.87. The summed E-state index contributed by atoms with van der Waals surface area (Å²) in [4.78, 5) is 4.07. The molecule has 14 heavy (non-hydrogen) atoms. The molecule has 0 saturated carbocycles. The van der Waals surface area contributed by atoms with Gasteiger partial charge in [-0.05, 0) is 19.5 Å². The monoisotopic (exact) mass is 194 g/mol. The number of hydrogen-bond acceptors (Lipinski definition) is 3. The van der Waals surface area contributed by atoms with Gasteiger partial charge in [-0.15, -0.1) is 0 Å². The van der Waals surface area contributed by atoms with E-state index in [1.807, 2.05) is 19.3 Å². The fourth-order valence-corrected chi connectivity index (χ4v) is 1.20. The quantitative estimate of drug-likeness (QED) is 0.703. The van der Waals surface area contributed by atoms with Crippen LogP contribution in [-0.2, 0) is 6.54 Å². The molecule has 0 radical (unpaired) electrons. The van der Waals surface area contributed by atoms with E-state index in [4.69, 9.17) is 4.74 Å². The SMILES string of the molecule is CCCCOc1ccncc1CNC. The molecule has 0 fully saturated rings. The number of nitrogens with one attached hydrogen (secondary N) is 1. The molecule has 0 aliphatic rings. The largest absolute Gasteiger partial charge is 0.493 e. The van der Waals surface area contributed by atoms with Crippen molar-refractivity contribution in [3.63, 3.8) is 0 Å². The molecule has 1 heterocycles. The van der Waals surface area contributed by atoms with Gasteiger partial charge < -0.3 is 10.1 Å². The van der Waals surface area contributed by atoms with Crippen LogP contribution in [0.5, 0.6) is 5.75 Å². The summed E-state index contributed by atoms with van der Waals surface area (Å²) in [6.45, 7) is 3.75. The summed E-state index contributed by atoms with van der Waals surface area (Å²) in [5.41, 5.74) is 1.12. The molecule has 0 amide bonds. The van der Waals surface area contributed by atoms with E-state index in [0.717, 1.165) is 37.3 Å². The van der Waals surface area contributed by atoms with Crippen molar-refractivity contribution >= 4 is 0 Å². The van der Waals surface area contributed by atoms with Gasteiger partial charge in [0.25, 0.3) is 0 Å². The molecule has 1 rings (SSSR count). The summed E-state index contributed by atoms with van der Waals surface area (Å²) in [7, 11) is 1.92. The van der Waals surface area contributed by atoms with E-state index >= 15 is 0 Å². The van der Waals surface area contributed by atoms with Crippen molar-refractivity contribution in [3.8, 4) is 5.75 Å². The molecular weight excluding hydrogens is 176 g/mol. The number of unbranched alkanes of at least 4 members (excludes halogenated alkanes) is 1. The van der Waals surface area contributed by atoms with E-state index in [1.54, 1.807) is 6.20 Å². The van der Waals surface area contributed by atoms with Gasteiger partial charge in [0.15, 0.2) is 0 Å². The van der Waals surface area contributed by atoms with Crippen LogP contribution in [0, 0.1) is 0 Å². The molecule has 78 valence electrons. The predicted molar refractivity (Wildman–Crippen MR) is 57.4 cm³/mol. The number of hydrogen-bond donors (Lipinski definition) is 1. The van der Waals surface area contributed by atoms with Crippen LogP contribution in [0.25, 0.3) is 0 Å². The van der Waals surface area contributed by atoms with Crippen LogP contribution in [0.1, 0.15) is 25.3 Å². The number of pyridine rings is 1. The topological polar surface area (TPSA) is 34.1 Å². The molecule has 0 atom stereocenters. The lowest BCUT2D eigenvalue weighted by Gasteiger charge is -2.09. The molecule has 0 aliphatic carbocycles. The molecule has 0 aliphatic heterocycles. The number of ether oxygens (including phenoxy) is 1. The zero-order chi connectivity index (χ0) is 10.2. The highest BCUT2D eigenvalue weighted by Crippen LogP contribution is 2.16. The molecule has 1 N–H and O–H groups in total. The minimum absolute atomic E-state index is 0.789. The van der Waals surface area contributed by atoms with Gasteiger partial charge in [-0.25, -0.2) is 0 Å². The summed E-state index contributed by atoms with van der Waals surface area (Å²) >= 11 is 0. The lowest BCUT2D eigenvalue weighted by Crippen LogP contribution is -2.08. The van der Waals surface area contributed by atoms with E-state index < -0.39 is 0 Å². The van der Waals surface area contributed by atoms with Crippen LogP contribution in [0.15, 0.2) is 18.5 Å². The molecule has 0 unspecified atom stereocenters. The highest BCUT2D eigenvalue weighted by atomic mass is 16.5. The summed E-state index contributed by atoms with van der Waals surface area (Å²) < 4.78 is 5.65. The smallest absolute Gasteiger partial charge is 0.126 e. The third-order valence-corrected chi connectivity index (χ3v) is 1.98. The number of rotatable bonds is 6. The lowest BCUT2D eigenvalue weighted by atomic mass is 10.2. The molecule has 1 aromatic heterocycles. The standard InChI is InChI=1S/C11H18N2O/c1-3-4-7-14-11-5-6-13-9-10(11)8-12-2/h5-6,9,12H,3-4,7-8H2,1-2H3. The zero-order valence-electron chi connectivity index (χ0n) is 8.92. The van der Waals surface area contributed by atoms with E-state index in [9.17, 15) is 0 Å². The van der Waals surface area contributed by atoms with Crippen LogP contribution in [0.2, 0.25) is 0 Å². The fraction of sp³-hybridized carbons (Fsp3) is 0.545. The Labute approximate surface area is 85.5 Å². The normalized spacial score (nSPS) is 10.1. The maximum Gasteiger partial charge on any atom is 0.126 e. The average molecular weight is 194 g/mol. The number of aromatic nitrogens is 1. The first-order valence-electron chi connectivity index (χ1n) is 5.08. The van der Waals surface area contributed by atoms with Gasteiger partial charge in [-0.1, -0.05) is 13.3 Å². The first kappa shape index (κ1) is 11.0. The second-order valence-corrected chi connectivity index (χ2v) is 3.22. The molecule has 3 nitrogen and oxygen atoms in total. The Hall–Kier alpha value is -1.09. The minimum atomic E-state index is 0.789. The molecular formula is C11H18N2O. The van der Waals surface area contributed by atoms with Crippen molar-refractivity contribution in [1.29, 1.82) is 0 Å². The fourth-order valence-electron chi connectivity index (χ4n) is 1.20. The minimum Gasteiger partial charge on any atom is -0.493 e. The van der Waals surface area contributed by atoms with Gasteiger partial charge in [0.05, 0.1) is 6.61 Å². The van der Waals surface area contributed by atoms with Crippen LogP contribution in [-0.4, -0.2) is 18.6 Å². The molecule has 0 aromatic carbocycles. The Morgan fingerprint density at radius 2 is 2.36 bits per heavy atom. The highest BCUT2D eigenvalue weighted by Gasteiger charge is 2.01. The predicted octanol–water partition coefficient (Wildman–Crippen LogP) is 1.98. The van der Waals surface area contributed by atoms with Crippen LogP contribution < -0.4 is 10.1 Å². The summed E-state index contributed by atoms with van der Waals surface area (Å²) in [6, 6.07) is 1.92. The van der Waals surface area contributed by atoms with Gasteiger partial charge in [0, 0.05) is 24.5 Å². The van der Waals surface area contributed by atoms with Crippen molar-refractivity contribution in [3.05, 3.63) is 24.0 Å². The Morgan fingerprint density at radius 1 is 1.50 bits per heavy atom. The molecule has 1 aromatic rings. The first-order chi connectivity index (χ1) is 6.88. The average Bonchev–Trinajstić information content (AvgIpc) is 2.21. The van der Waals surface area contributed by atoms with Gasteiger partial charge >= 0.3 is 0 Å². The zero-order valence-corrected chi connectivity index (χ0v) is 8.92. The maximum atomic E-state index is 5.65. The maximum absolute atomic E-state index is 5.65. The van der Waals surface area contributed by atoms with E-state index in [-0.39, 0.29) is 0 Å². The Bertz CT molecular complexity index is 263. The van der Waals surface area contributed by atoms with Crippen LogP contribution >= 0.6 is 0 Å². The third kappa shape index (κ3) is 3.34. The Balaban J connectivity index is 2.55. The summed E-state index contributed by atoms with van der Waals surface area (Å²) in [5.74, 6) is 0.947. The molecule has 0 spiro atoms. The molecule has 3 heteroatoms. The highest BCUT2D eigenvalue weighted by molar-refractivity contribution is 5.29. The van der Waals surface area contributed by atoms with Gasteiger partial charge in [-0.2, -0.15) is 0 Å². The summed E-state index contributed by atoms with van der Waals surface area (Å²) in [5, 5.41) is 3.09. The second-order valence-electron chi connectivity index (χ2n) is 3.22. The lowest BCUT2D eigenvalue weighted by molar-refractivity contribution is 0.305. The van der Waals surface area contributed by atoms with E-state index in [2.05, 4.69) is 17.2 Å². The Kier molecular flexibility index (Phi) is 5.00.